The van der Waals surface area contributed by atoms with Gasteiger partial charge in [0, 0.05) is 12.3 Å². The van der Waals surface area contributed by atoms with Gasteiger partial charge in [0.2, 0.25) is 0 Å². The van der Waals surface area contributed by atoms with Crippen LogP contribution in [-0.4, -0.2) is 46.0 Å². The van der Waals surface area contributed by atoms with Crippen molar-refractivity contribution in [2.45, 2.75) is 38.8 Å². The average Bonchev–Trinajstić information content (AvgIpc) is 2.42. The Morgan fingerprint density at radius 2 is 1.86 bits per heavy atom. The molecular weight excluding hydrogens is 302 g/mol. The molecule has 0 saturated heterocycles. The summed E-state index contributed by atoms with van der Waals surface area (Å²) in [6.07, 6.45) is -0.0812. The van der Waals surface area contributed by atoms with Crippen molar-refractivity contribution in [2.75, 3.05) is 12.3 Å². The lowest BCUT2D eigenvalue weighted by molar-refractivity contribution is -0.142. The Balaban J connectivity index is 2.86. The van der Waals surface area contributed by atoms with Crippen LogP contribution in [0.1, 0.15) is 26.3 Å². The maximum Gasteiger partial charge on any atom is 0.411 e. The van der Waals surface area contributed by atoms with E-state index in [4.69, 9.17) is 4.74 Å². The SMILES string of the molecule is CC(C)(C)OC(=O)N(CCc1ccccc1)[C@@H](CS)C(=O)O. The predicted molar refractivity (Wildman–Crippen MR) is 88.4 cm³/mol. The molecule has 0 unspecified atom stereocenters. The van der Waals surface area contributed by atoms with Gasteiger partial charge >= 0.3 is 12.1 Å². The minimum absolute atomic E-state index is 0.0311. The van der Waals surface area contributed by atoms with Gasteiger partial charge in [-0.25, -0.2) is 9.59 Å². The summed E-state index contributed by atoms with van der Waals surface area (Å²) in [7, 11) is 0. The van der Waals surface area contributed by atoms with Crippen LogP contribution in [-0.2, 0) is 16.0 Å². The van der Waals surface area contributed by atoms with E-state index in [9.17, 15) is 14.7 Å². The third-order valence-electron chi connectivity index (χ3n) is 2.95. The predicted octanol–water partition coefficient (Wildman–Crippen LogP) is 2.85. The second-order valence-electron chi connectivity index (χ2n) is 5.95. The van der Waals surface area contributed by atoms with E-state index in [0.29, 0.717) is 6.42 Å². The molecule has 1 N–H and O–H groups in total. The number of thiol groups is 1. The van der Waals surface area contributed by atoms with Crippen LogP contribution in [0.3, 0.4) is 0 Å². The van der Waals surface area contributed by atoms with E-state index >= 15 is 0 Å². The minimum atomic E-state index is -1.09. The van der Waals surface area contributed by atoms with Crippen molar-refractivity contribution < 1.29 is 19.4 Å². The van der Waals surface area contributed by atoms with Crippen molar-refractivity contribution in [3.63, 3.8) is 0 Å². The Bertz CT molecular complexity index is 499. The van der Waals surface area contributed by atoms with Gasteiger partial charge in [-0.05, 0) is 32.8 Å². The van der Waals surface area contributed by atoms with Gasteiger partial charge in [0.1, 0.15) is 11.6 Å². The van der Waals surface area contributed by atoms with Crippen LogP contribution >= 0.6 is 12.6 Å². The van der Waals surface area contributed by atoms with E-state index in [0.717, 1.165) is 5.56 Å². The highest BCUT2D eigenvalue weighted by Crippen LogP contribution is 2.14. The van der Waals surface area contributed by atoms with E-state index in [2.05, 4.69) is 12.6 Å². The lowest BCUT2D eigenvalue weighted by Gasteiger charge is -2.30. The number of carbonyl (C=O) groups is 2. The van der Waals surface area contributed by atoms with Gasteiger partial charge in [-0.3, -0.25) is 4.90 Å². The molecule has 0 bridgehead atoms. The topological polar surface area (TPSA) is 66.8 Å². The minimum Gasteiger partial charge on any atom is -0.480 e. The van der Waals surface area contributed by atoms with Crippen LogP contribution in [0.15, 0.2) is 30.3 Å². The Labute approximate surface area is 136 Å². The molecule has 5 nitrogen and oxygen atoms in total. The van der Waals surface area contributed by atoms with E-state index in [1.165, 1.54) is 4.90 Å². The van der Waals surface area contributed by atoms with E-state index in [1.807, 2.05) is 30.3 Å². The molecule has 0 radical (unpaired) electrons. The molecule has 0 heterocycles. The van der Waals surface area contributed by atoms with Crippen LogP contribution in [0.2, 0.25) is 0 Å². The second-order valence-corrected chi connectivity index (χ2v) is 6.31. The molecule has 1 amide bonds. The fourth-order valence-corrected chi connectivity index (χ4v) is 2.25. The van der Waals surface area contributed by atoms with Crippen molar-refractivity contribution in [1.29, 1.82) is 0 Å². The number of hydrogen-bond donors (Lipinski definition) is 2. The van der Waals surface area contributed by atoms with Gasteiger partial charge in [0.25, 0.3) is 0 Å². The molecular formula is C16H23NO4S. The van der Waals surface area contributed by atoms with Crippen LogP contribution < -0.4 is 0 Å². The molecule has 0 aliphatic carbocycles. The first-order valence-electron chi connectivity index (χ1n) is 7.12. The van der Waals surface area contributed by atoms with Crippen molar-refractivity contribution in [3.05, 3.63) is 35.9 Å². The molecule has 6 heteroatoms. The Kier molecular flexibility index (Phi) is 6.74. The van der Waals surface area contributed by atoms with Gasteiger partial charge in [0.05, 0.1) is 0 Å². The summed E-state index contributed by atoms with van der Waals surface area (Å²) in [5.74, 6) is -1.06. The molecule has 0 saturated carbocycles. The number of hydrogen-bond acceptors (Lipinski definition) is 4. The molecule has 0 fully saturated rings. The maximum atomic E-state index is 12.3. The fraction of sp³-hybridized carbons (Fsp3) is 0.500. The average molecular weight is 325 g/mol. The smallest absolute Gasteiger partial charge is 0.411 e. The zero-order valence-electron chi connectivity index (χ0n) is 13.2. The number of carboxylic acids is 1. The van der Waals surface area contributed by atoms with Gasteiger partial charge in [-0.1, -0.05) is 30.3 Å². The third-order valence-corrected chi connectivity index (χ3v) is 3.29. The summed E-state index contributed by atoms with van der Waals surface area (Å²) in [4.78, 5) is 24.9. The highest BCUT2D eigenvalue weighted by Gasteiger charge is 2.31. The van der Waals surface area contributed by atoms with Crippen LogP contribution in [0.5, 0.6) is 0 Å². The molecule has 1 atom stereocenters. The first-order chi connectivity index (χ1) is 10.2. The number of benzene rings is 1. The van der Waals surface area contributed by atoms with Gasteiger partial charge in [-0.2, -0.15) is 12.6 Å². The molecule has 122 valence electrons. The number of rotatable bonds is 6. The molecule has 1 rings (SSSR count). The first kappa shape index (κ1) is 18.4. The zero-order valence-corrected chi connectivity index (χ0v) is 14.0. The quantitative estimate of drug-likeness (QED) is 0.789. The molecule has 1 aromatic carbocycles. The standard InChI is InChI=1S/C16H23NO4S/c1-16(2,3)21-15(20)17(13(11-22)14(18)19)10-9-12-7-5-4-6-8-12/h4-8,13,22H,9-11H2,1-3H3,(H,18,19)/t13-/m0/s1. The molecule has 1 aromatic rings. The van der Waals surface area contributed by atoms with Crippen LogP contribution in [0.4, 0.5) is 4.79 Å². The third kappa shape index (κ3) is 5.97. The van der Waals surface area contributed by atoms with Crippen molar-refractivity contribution in [1.82, 2.24) is 4.90 Å². The number of carbonyl (C=O) groups excluding carboxylic acids is 1. The summed E-state index contributed by atoms with van der Waals surface area (Å²) in [6, 6.07) is 8.57. The number of amides is 1. The maximum absolute atomic E-state index is 12.3. The van der Waals surface area contributed by atoms with Crippen molar-refractivity contribution in [3.8, 4) is 0 Å². The lowest BCUT2D eigenvalue weighted by atomic mass is 10.1. The van der Waals surface area contributed by atoms with E-state index in [-0.39, 0.29) is 12.3 Å². The lowest BCUT2D eigenvalue weighted by Crippen LogP contribution is -2.49. The van der Waals surface area contributed by atoms with Crippen molar-refractivity contribution in [2.24, 2.45) is 0 Å². The molecule has 0 aliphatic rings. The highest BCUT2D eigenvalue weighted by atomic mass is 32.1. The summed E-state index contributed by atoms with van der Waals surface area (Å²) < 4.78 is 5.31. The molecule has 0 aliphatic heterocycles. The summed E-state index contributed by atoms with van der Waals surface area (Å²) in [5, 5.41) is 9.29. The molecule has 0 aromatic heterocycles. The van der Waals surface area contributed by atoms with E-state index in [1.54, 1.807) is 20.8 Å². The monoisotopic (exact) mass is 325 g/mol. The number of nitrogens with zero attached hydrogens (tertiary/aromatic N) is 1. The normalized spacial score (nSPS) is 12.5. The Hall–Kier alpha value is -1.69. The number of ether oxygens (including phenoxy) is 1. The van der Waals surface area contributed by atoms with Gasteiger partial charge < -0.3 is 9.84 Å². The first-order valence-corrected chi connectivity index (χ1v) is 7.75. The fourth-order valence-electron chi connectivity index (χ4n) is 1.90. The molecule has 0 spiro atoms. The van der Waals surface area contributed by atoms with Gasteiger partial charge in [0.15, 0.2) is 0 Å². The Morgan fingerprint density at radius 3 is 2.32 bits per heavy atom. The summed E-state index contributed by atoms with van der Waals surface area (Å²) in [6.45, 7) is 5.50. The Morgan fingerprint density at radius 1 is 1.27 bits per heavy atom. The highest BCUT2D eigenvalue weighted by molar-refractivity contribution is 7.80. The van der Waals surface area contributed by atoms with Crippen molar-refractivity contribution >= 4 is 24.7 Å². The van der Waals surface area contributed by atoms with E-state index < -0.39 is 23.7 Å². The number of carboxylic acid groups (broad SMARTS) is 1. The zero-order chi connectivity index (χ0) is 16.8. The van der Waals surface area contributed by atoms with Crippen LogP contribution in [0.25, 0.3) is 0 Å². The number of aliphatic carboxylic acids is 1. The largest absolute Gasteiger partial charge is 0.480 e. The van der Waals surface area contributed by atoms with Gasteiger partial charge in [-0.15, -0.1) is 0 Å². The summed E-state index contributed by atoms with van der Waals surface area (Å²) >= 11 is 4.05. The second kappa shape index (κ2) is 8.08. The van der Waals surface area contributed by atoms with Crippen LogP contribution in [0, 0.1) is 0 Å². The molecule has 22 heavy (non-hydrogen) atoms. The summed E-state index contributed by atoms with van der Waals surface area (Å²) in [5.41, 5.74) is 0.348.